The molecule has 0 radical (unpaired) electrons. The average molecular weight is 375 g/mol. The van der Waals surface area contributed by atoms with Crippen LogP contribution in [0.2, 0.25) is 0 Å². The fourth-order valence-corrected chi connectivity index (χ4v) is 4.00. The lowest BCUT2D eigenvalue weighted by atomic mass is 9.94. The van der Waals surface area contributed by atoms with Gasteiger partial charge in [-0.1, -0.05) is 48.5 Å². The molecule has 2 heterocycles. The Bertz CT molecular complexity index is 972. The lowest BCUT2D eigenvalue weighted by Gasteiger charge is -2.34. The predicted molar refractivity (Wildman–Crippen MR) is 110 cm³/mol. The summed E-state index contributed by atoms with van der Waals surface area (Å²) in [4.78, 5) is 30.2. The summed E-state index contributed by atoms with van der Waals surface area (Å²) in [6.07, 6.45) is 3.51. The Balaban J connectivity index is 1.60. The van der Waals surface area contributed by atoms with E-state index >= 15 is 0 Å². The molecule has 1 unspecified atom stereocenters. The van der Waals surface area contributed by atoms with Crippen LogP contribution in [0.25, 0.3) is 10.9 Å². The smallest absolute Gasteiger partial charge is 0.219 e. The molecule has 1 aliphatic rings. The minimum atomic E-state index is -0.408. The first-order valence-corrected chi connectivity index (χ1v) is 9.80. The van der Waals surface area contributed by atoms with Gasteiger partial charge in [0.05, 0.1) is 6.04 Å². The van der Waals surface area contributed by atoms with E-state index in [9.17, 15) is 9.59 Å². The molecule has 144 valence electrons. The molecular formula is C23H25N3O2. The number of fused-ring (bicyclic) bond motifs is 1. The van der Waals surface area contributed by atoms with Gasteiger partial charge in [0.1, 0.15) is 0 Å². The Kier molecular flexibility index (Phi) is 5.26. The molecule has 2 aromatic carbocycles. The number of likely N-dealkylation sites (tertiary alicyclic amines) is 1. The molecule has 1 fully saturated rings. The number of Topliss-reactive ketones (excluding diaryl/α,β-unsaturated/α-hetero) is 1. The Morgan fingerprint density at radius 2 is 1.71 bits per heavy atom. The maximum absolute atomic E-state index is 13.5. The lowest BCUT2D eigenvalue weighted by Crippen LogP contribution is -2.46. The number of hydrogen-bond acceptors (Lipinski definition) is 3. The first kappa shape index (κ1) is 18.4. The maximum atomic E-state index is 13.5. The minimum Gasteiger partial charge on any atom is -0.360 e. The van der Waals surface area contributed by atoms with Gasteiger partial charge in [0.2, 0.25) is 5.91 Å². The molecule has 1 amide bonds. The van der Waals surface area contributed by atoms with Crippen LogP contribution in [0.5, 0.6) is 0 Å². The summed E-state index contributed by atoms with van der Waals surface area (Å²) >= 11 is 0. The maximum Gasteiger partial charge on any atom is 0.219 e. The number of carbonyl (C=O) groups is 2. The third kappa shape index (κ3) is 3.71. The van der Waals surface area contributed by atoms with Crippen molar-refractivity contribution >= 4 is 22.6 Å². The number of amides is 1. The number of hydrogen-bond donors (Lipinski definition) is 2. The third-order valence-electron chi connectivity index (χ3n) is 5.59. The summed E-state index contributed by atoms with van der Waals surface area (Å²) in [6, 6.07) is 17.5. The van der Waals surface area contributed by atoms with Crippen molar-refractivity contribution in [2.45, 2.75) is 31.8 Å². The fraction of sp³-hybridized carbons (Fsp3) is 0.304. The molecular weight excluding hydrogens is 350 g/mol. The molecule has 5 heteroatoms. The molecule has 2 N–H and O–H groups in total. The van der Waals surface area contributed by atoms with Crippen LogP contribution in [-0.2, 0) is 4.79 Å². The zero-order valence-electron chi connectivity index (χ0n) is 16.0. The summed E-state index contributed by atoms with van der Waals surface area (Å²) in [5, 5.41) is 4.53. The van der Waals surface area contributed by atoms with E-state index in [-0.39, 0.29) is 17.7 Å². The molecule has 4 rings (SSSR count). The van der Waals surface area contributed by atoms with E-state index in [0.717, 1.165) is 42.4 Å². The van der Waals surface area contributed by atoms with Crippen LogP contribution in [-0.4, -0.2) is 40.7 Å². The van der Waals surface area contributed by atoms with Crippen molar-refractivity contribution in [3.8, 4) is 0 Å². The second-order valence-corrected chi connectivity index (χ2v) is 7.40. The van der Waals surface area contributed by atoms with Gasteiger partial charge in [-0.2, -0.15) is 0 Å². The summed E-state index contributed by atoms with van der Waals surface area (Å²) in [7, 11) is 0. The SMILES string of the molecule is CC(=O)N1CCC(NC(C(=O)c2c[nH]c3ccccc23)c2ccccc2)CC1. The number of rotatable bonds is 5. The third-order valence-corrected chi connectivity index (χ3v) is 5.59. The highest BCUT2D eigenvalue weighted by molar-refractivity contribution is 6.10. The number of carbonyl (C=O) groups excluding carboxylic acids is 2. The van der Waals surface area contributed by atoms with E-state index in [2.05, 4.69) is 10.3 Å². The highest BCUT2D eigenvalue weighted by atomic mass is 16.2. The average Bonchev–Trinajstić information content (AvgIpc) is 3.17. The van der Waals surface area contributed by atoms with Crippen molar-refractivity contribution in [1.82, 2.24) is 15.2 Å². The van der Waals surface area contributed by atoms with Gasteiger partial charge >= 0.3 is 0 Å². The van der Waals surface area contributed by atoms with Crippen molar-refractivity contribution in [1.29, 1.82) is 0 Å². The van der Waals surface area contributed by atoms with E-state index < -0.39 is 6.04 Å². The molecule has 0 saturated carbocycles. The van der Waals surface area contributed by atoms with Crippen LogP contribution in [0, 0.1) is 0 Å². The fourth-order valence-electron chi connectivity index (χ4n) is 4.00. The molecule has 1 aliphatic heterocycles. The van der Waals surface area contributed by atoms with Gasteiger partial charge in [-0.25, -0.2) is 0 Å². The summed E-state index contributed by atoms with van der Waals surface area (Å²) in [5.74, 6) is 0.186. The molecule has 0 aliphatic carbocycles. The molecule has 5 nitrogen and oxygen atoms in total. The second kappa shape index (κ2) is 7.98. The second-order valence-electron chi connectivity index (χ2n) is 7.40. The molecule has 28 heavy (non-hydrogen) atoms. The number of aromatic amines is 1. The highest BCUT2D eigenvalue weighted by Crippen LogP contribution is 2.26. The van der Waals surface area contributed by atoms with Gasteiger partial charge in [0.25, 0.3) is 0 Å². The zero-order valence-corrected chi connectivity index (χ0v) is 16.0. The molecule has 0 spiro atoms. The number of para-hydroxylation sites is 1. The Morgan fingerprint density at radius 3 is 2.43 bits per heavy atom. The summed E-state index contributed by atoms with van der Waals surface area (Å²) in [5.41, 5.74) is 2.64. The summed E-state index contributed by atoms with van der Waals surface area (Å²) < 4.78 is 0. The van der Waals surface area contributed by atoms with E-state index in [4.69, 9.17) is 0 Å². The topological polar surface area (TPSA) is 65.2 Å². The monoisotopic (exact) mass is 375 g/mol. The minimum absolute atomic E-state index is 0.0673. The Hall–Kier alpha value is -2.92. The number of nitrogens with zero attached hydrogens (tertiary/aromatic N) is 1. The van der Waals surface area contributed by atoms with Crippen LogP contribution in [0.3, 0.4) is 0 Å². The lowest BCUT2D eigenvalue weighted by molar-refractivity contribution is -0.129. The van der Waals surface area contributed by atoms with Crippen LogP contribution < -0.4 is 5.32 Å². The van der Waals surface area contributed by atoms with E-state index in [0.29, 0.717) is 5.56 Å². The highest BCUT2D eigenvalue weighted by Gasteiger charge is 2.29. The number of nitrogens with one attached hydrogen (secondary N) is 2. The Labute approximate surface area is 164 Å². The molecule has 1 aromatic heterocycles. The van der Waals surface area contributed by atoms with Crippen molar-refractivity contribution in [2.24, 2.45) is 0 Å². The largest absolute Gasteiger partial charge is 0.360 e. The number of benzene rings is 2. The van der Waals surface area contributed by atoms with E-state index in [1.165, 1.54) is 0 Å². The van der Waals surface area contributed by atoms with Crippen LogP contribution >= 0.6 is 0 Å². The predicted octanol–water partition coefficient (Wildman–Crippen LogP) is 3.69. The quantitative estimate of drug-likeness (QED) is 0.669. The van der Waals surface area contributed by atoms with Gasteiger partial charge in [-0.05, 0) is 24.5 Å². The van der Waals surface area contributed by atoms with Gasteiger partial charge < -0.3 is 15.2 Å². The normalized spacial score (nSPS) is 16.2. The van der Waals surface area contributed by atoms with Gasteiger partial charge in [-0.3, -0.25) is 9.59 Å². The van der Waals surface area contributed by atoms with Crippen molar-refractivity contribution < 1.29 is 9.59 Å². The molecule has 1 atom stereocenters. The van der Waals surface area contributed by atoms with Crippen molar-refractivity contribution in [3.05, 3.63) is 71.9 Å². The van der Waals surface area contributed by atoms with Crippen molar-refractivity contribution in [3.63, 3.8) is 0 Å². The first-order chi connectivity index (χ1) is 13.6. The molecule has 0 bridgehead atoms. The number of piperidine rings is 1. The van der Waals surface area contributed by atoms with Gasteiger partial charge in [0.15, 0.2) is 5.78 Å². The van der Waals surface area contributed by atoms with Crippen LogP contribution in [0.1, 0.15) is 41.7 Å². The molecule has 3 aromatic rings. The van der Waals surface area contributed by atoms with Gasteiger partial charge in [-0.15, -0.1) is 0 Å². The summed E-state index contributed by atoms with van der Waals surface area (Å²) in [6.45, 7) is 3.08. The Morgan fingerprint density at radius 1 is 1.04 bits per heavy atom. The van der Waals surface area contributed by atoms with E-state index in [1.54, 1.807) is 6.92 Å². The van der Waals surface area contributed by atoms with Crippen LogP contribution in [0.15, 0.2) is 60.8 Å². The molecule has 1 saturated heterocycles. The standard InChI is InChI=1S/C23H25N3O2/c1-16(27)26-13-11-18(12-14-26)25-22(17-7-3-2-4-8-17)23(28)20-15-24-21-10-6-5-9-19(20)21/h2-10,15,18,22,24-25H,11-14H2,1H3. The van der Waals surface area contributed by atoms with E-state index in [1.807, 2.05) is 65.7 Å². The first-order valence-electron chi connectivity index (χ1n) is 9.80. The van der Waals surface area contributed by atoms with Crippen LogP contribution in [0.4, 0.5) is 0 Å². The zero-order chi connectivity index (χ0) is 19.5. The number of aromatic nitrogens is 1. The number of H-pyrrole nitrogens is 1. The van der Waals surface area contributed by atoms with Crippen molar-refractivity contribution in [2.75, 3.05) is 13.1 Å². The number of ketones is 1. The van der Waals surface area contributed by atoms with Gasteiger partial charge in [0, 0.05) is 48.7 Å².